The summed E-state index contributed by atoms with van der Waals surface area (Å²) < 4.78 is 0. The number of nitrogens with zero attached hydrogens (tertiary/aromatic N) is 4. The average Bonchev–Trinajstić information content (AvgIpc) is 3.35. The maximum absolute atomic E-state index is 4.69. The molecule has 0 saturated heterocycles. The highest BCUT2D eigenvalue weighted by Crippen LogP contribution is 2.46. The summed E-state index contributed by atoms with van der Waals surface area (Å²) in [5.41, 5.74) is 10.3. The highest BCUT2D eigenvalue weighted by molar-refractivity contribution is 6.14. The van der Waals surface area contributed by atoms with Crippen LogP contribution in [0.25, 0.3) is 66.4 Å². The van der Waals surface area contributed by atoms with Crippen LogP contribution in [0.1, 0.15) is 11.5 Å². The Labute approximate surface area is 197 Å². The van der Waals surface area contributed by atoms with Crippen LogP contribution in [0.2, 0.25) is 0 Å². The van der Waals surface area contributed by atoms with Gasteiger partial charge in [-0.1, -0.05) is 78.9 Å². The molecule has 0 bridgehead atoms. The number of aromatic nitrogens is 4. The molecular weight excluding hydrogens is 416 g/mol. The highest BCUT2D eigenvalue weighted by atomic mass is 15.2. The van der Waals surface area contributed by atoms with Crippen molar-refractivity contribution >= 4 is 21.5 Å². The van der Waals surface area contributed by atoms with Gasteiger partial charge in [-0.15, -0.1) is 10.2 Å². The number of benzene rings is 4. The van der Waals surface area contributed by atoms with E-state index in [1.807, 2.05) is 13.8 Å². The van der Waals surface area contributed by atoms with Gasteiger partial charge >= 0.3 is 0 Å². The molecule has 160 valence electrons. The third-order valence-electron chi connectivity index (χ3n) is 6.69. The van der Waals surface area contributed by atoms with Crippen molar-refractivity contribution in [2.24, 2.45) is 0 Å². The lowest BCUT2D eigenvalue weighted by Gasteiger charge is -2.01. The molecule has 0 atom stereocenters. The molecule has 6 aromatic rings. The van der Waals surface area contributed by atoms with Crippen LogP contribution < -0.4 is 0 Å². The Morgan fingerprint density at radius 3 is 1.68 bits per heavy atom. The molecule has 0 saturated carbocycles. The van der Waals surface area contributed by atoms with Gasteiger partial charge in [-0.2, -0.15) is 0 Å². The van der Waals surface area contributed by atoms with Gasteiger partial charge in [0.1, 0.15) is 17.2 Å². The molecule has 0 fully saturated rings. The average molecular weight is 437 g/mol. The minimum Gasteiger partial charge on any atom is -0.252 e. The second kappa shape index (κ2) is 7.03. The largest absolute Gasteiger partial charge is 0.252 e. The molecule has 8 rings (SSSR count). The van der Waals surface area contributed by atoms with Crippen LogP contribution >= 0.6 is 0 Å². The first-order chi connectivity index (χ1) is 16.7. The zero-order chi connectivity index (χ0) is 22.8. The smallest absolute Gasteiger partial charge is 0.148 e. The first kappa shape index (κ1) is 19.1. The lowest BCUT2D eigenvalue weighted by atomic mass is 10.0. The van der Waals surface area contributed by atoms with Gasteiger partial charge in [-0.25, -0.2) is 4.98 Å². The summed E-state index contributed by atoms with van der Waals surface area (Å²) in [7, 11) is 0. The van der Waals surface area contributed by atoms with E-state index in [-0.39, 0.29) is 0 Å². The Balaban J connectivity index is 0.000000118. The fourth-order valence-corrected chi connectivity index (χ4v) is 5.25. The number of hydrogen-bond acceptors (Lipinski definition) is 4. The van der Waals surface area contributed by atoms with Crippen LogP contribution in [0.3, 0.4) is 0 Å². The highest BCUT2D eigenvalue weighted by Gasteiger charge is 2.24. The number of pyridine rings is 1. The van der Waals surface area contributed by atoms with Crippen molar-refractivity contribution in [2.45, 2.75) is 13.8 Å². The van der Waals surface area contributed by atoms with Crippen molar-refractivity contribution in [2.75, 3.05) is 0 Å². The maximum atomic E-state index is 4.69. The second-order valence-corrected chi connectivity index (χ2v) is 8.82. The zero-order valence-corrected chi connectivity index (χ0v) is 18.9. The molecule has 0 amide bonds. The Morgan fingerprint density at radius 1 is 0.441 bits per heavy atom. The van der Waals surface area contributed by atoms with E-state index in [0.717, 1.165) is 28.3 Å². The van der Waals surface area contributed by atoms with Gasteiger partial charge in [0.15, 0.2) is 0 Å². The molecule has 2 aliphatic rings. The third kappa shape index (κ3) is 2.66. The molecule has 0 spiro atoms. The summed E-state index contributed by atoms with van der Waals surface area (Å²) in [6, 6.07) is 29.7. The lowest BCUT2D eigenvalue weighted by Crippen LogP contribution is -1.95. The van der Waals surface area contributed by atoms with Gasteiger partial charge in [0, 0.05) is 33.3 Å². The van der Waals surface area contributed by atoms with E-state index >= 15 is 0 Å². The van der Waals surface area contributed by atoms with Crippen molar-refractivity contribution in [3.05, 3.63) is 96.4 Å². The minimum atomic E-state index is 0.716. The van der Waals surface area contributed by atoms with Gasteiger partial charge in [-0.3, -0.25) is 4.98 Å². The van der Waals surface area contributed by atoms with Gasteiger partial charge in [0.05, 0.1) is 5.69 Å². The normalized spacial score (nSPS) is 11.8. The summed E-state index contributed by atoms with van der Waals surface area (Å²) in [6.45, 7) is 3.92. The van der Waals surface area contributed by atoms with E-state index < -0.39 is 0 Å². The van der Waals surface area contributed by atoms with E-state index in [1.165, 1.54) is 43.8 Å². The first-order valence-corrected chi connectivity index (χ1v) is 11.4. The molecule has 4 aromatic carbocycles. The minimum absolute atomic E-state index is 0.716. The van der Waals surface area contributed by atoms with Crippen LogP contribution in [-0.4, -0.2) is 20.2 Å². The SMILES string of the molecule is Cc1ccc2c(n1)-c1cccc3cccc-2c13.Cc1nnc2c(n1)-c1cccc3cccc-2c13. The van der Waals surface area contributed by atoms with Crippen LogP contribution in [0, 0.1) is 13.8 Å². The van der Waals surface area contributed by atoms with E-state index in [9.17, 15) is 0 Å². The van der Waals surface area contributed by atoms with Gasteiger partial charge < -0.3 is 0 Å². The van der Waals surface area contributed by atoms with Crippen LogP contribution in [-0.2, 0) is 0 Å². The molecule has 4 heteroatoms. The predicted octanol–water partition coefficient (Wildman–Crippen LogP) is 7.17. The van der Waals surface area contributed by atoms with Crippen molar-refractivity contribution in [1.29, 1.82) is 0 Å². The number of hydrogen-bond donors (Lipinski definition) is 0. The number of fused-ring (bicyclic) bond motifs is 6. The Hall–Kier alpha value is -4.44. The quantitative estimate of drug-likeness (QED) is 0.253. The van der Waals surface area contributed by atoms with Gasteiger partial charge in [0.2, 0.25) is 0 Å². The summed E-state index contributed by atoms with van der Waals surface area (Å²) in [6.07, 6.45) is 0. The number of aryl methyl sites for hydroxylation is 2. The monoisotopic (exact) mass is 436 g/mol. The zero-order valence-electron chi connectivity index (χ0n) is 18.9. The molecule has 4 nitrogen and oxygen atoms in total. The van der Waals surface area contributed by atoms with Crippen molar-refractivity contribution in [1.82, 2.24) is 20.2 Å². The number of rotatable bonds is 0. The lowest BCUT2D eigenvalue weighted by molar-refractivity contribution is 0.922. The molecule has 2 aliphatic carbocycles. The van der Waals surface area contributed by atoms with Crippen molar-refractivity contribution < 1.29 is 0 Å². The molecule has 0 aliphatic heterocycles. The summed E-state index contributed by atoms with van der Waals surface area (Å²) in [4.78, 5) is 9.21. The molecular formula is C30H20N4. The van der Waals surface area contributed by atoms with Crippen LogP contribution in [0.15, 0.2) is 84.9 Å². The fourth-order valence-electron chi connectivity index (χ4n) is 5.25. The van der Waals surface area contributed by atoms with E-state index in [4.69, 9.17) is 4.98 Å². The summed E-state index contributed by atoms with van der Waals surface area (Å²) in [5, 5.41) is 13.5. The van der Waals surface area contributed by atoms with Gasteiger partial charge in [-0.05, 0) is 41.6 Å². The van der Waals surface area contributed by atoms with E-state index in [1.54, 1.807) is 0 Å². The first-order valence-electron chi connectivity index (χ1n) is 11.4. The molecule has 2 aromatic heterocycles. The Morgan fingerprint density at radius 2 is 1.00 bits per heavy atom. The molecule has 2 heterocycles. The van der Waals surface area contributed by atoms with E-state index in [0.29, 0.717) is 5.82 Å². The maximum Gasteiger partial charge on any atom is 0.148 e. The fraction of sp³-hybridized carbons (Fsp3) is 0.0667. The molecule has 0 radical (unpaired) electrons. The van der Waals surface area contributed by atoms with Crippen molar-refractivity contribution in [3.63, 3.8) is 0 Å². The predicted molar refractivity (Wildman–Crippen MR) is 137 cm³/mol. The van der Waals surface area contributed by atoms with Gasteiger partial charge in [0.25, 0.3) is 0 Å². The van der Waals surface area contributed by atoms with Crippen LogP contribution in [0.5, 0.6) is 0 Å². The van der Waals surface area contributed by atoms with Crippen molar-refractivity contribution in [3.8, 4) is 44.9 Å². The third-order valence-corrected chi connectivity index (χ3v) is 6.69. The molecule has 34 heavy (non-hydrogen) atoms. The second-order valence-electron chi connectivity index (χ2n) is 8.82. The summed E-state index contributed by atoms with van der Waals surface area (Å²) in [5.74, 6) is 0.716. The summed E-state index contributed by atoms with van der Waals surface area (Å²) >= 11 is 0. The van der Waals surface area contributed by atoms with E-state index in [2.05, 4.69) is 100 Å². The molecule has 0 N–H and O–H groups in total. The molecule has 0 unspecified atom stereocenters. The van der Waals surface area contributed by atoms with Crippen LogP contribution in [0.4, 0.5) is 0 Å². The topological polar surface area (TPSA) is 51.6 Å². The Bertz CT molecular complexity index is 1640. The standard InChI is InChI=1S/C16H11N.C14H9N3/c1-10-8-9-13-12-6-2-4-11-5-3-7-14(15(11)12)16(13)17-10;1-8-15-13-10-6-2-4-9-5-3-7-11(12(9)10)14(13)17-16-8/h2-9H,1H3;2-7H,1H3. The Kier molecular flexibility index (Phi) is 3.94.